The molecule has 1 unspecified atom stereocenters. The van der Waals surface area contributed by atoms with E-state index in [9.17, 15) is 32.4 Å². The van der Waals surface area contributed by atoms with Gasteiger partial charge in [0.2, 0.25) is 5.71 Å². The van der Waals surface area contributed by atoms with Gasteiger partial charge in [-0.2, -0.15) is 18.4 Å². The van der Waals surface area contributed by atoms with Gasteiger partial charge in [0.15, 0.2) is 0 Å². The highest BCUT2D eigenvalue weighted by molar-refractivity contribution is 6.11. The number of hydrogen-bond donors (Lipinski definition) is 2. The molecule has 43 heavy (non-hydrogen) atoms. The maximum atomic E-state index is 15.4. The molecule has 1 aliphatic carbocycles. The third-order valence-electron chi connectivity index (χ3n) is 7.49. The molecule has 0 spiro atoms. The molecular formula is C31H25F5N4O3. The maximum absolute atomic E-state index is 15.4. The highest BCUT2D eigenvalue weighted by Gasteiger charge is 2.43. The molecule has 2 N–H and O–H groups in total. The van der Waals surface area contributed by atoms with Crippen LogP contribution in [0.3, 0.4) is 0 Å². The number of rotatable bonds is 8. The number of carbonyl (C=O) groups is 2. The van der Waals surface area contributed by atoms with E-state index in [2.05, 4.69) is 21.7 Å². The first-order chi connectivity index (χ1) is 20.3. The molecule has 2 amide bonds. The average Bonchev–Trinajstić information content (AvgIpc) is 3.77. The van der Waals surface area contributed by atoms with E-state index >= 15 is 4.39 Å². The number of halogens is 5. The van der Waals surface area contributed by atoms with Gasteiger partial charge < -0.3 is 15.1 Å². The fourth-order valence-electron chi connectivity index (χ4n) is 4.96. The lowest BCUT2D eigenvalue weighted by molar-refractivity contribution is -0.134. The van der Waals surface area contributed by atoms with Crippen LogP contribution in [-0.4, -0.2) is 35.6 Å². The van der Waals surface area contributed by atoms with Crippen molar-refractivity contribution in [2.75, 3.05) is 7.05 Å². The van der Waals surface area contributed by atoms with Crippen molar-refractivity contribution in [1.82, 2.24) is 15.6 Å². The van der Waals surface area contributed by atoms with Gasteiger partial charge >= 0.3 is 6.18 Å². The van der Waals surface area contributed by atoms with Gasteiger partial charge in [-0.3, -0.25) is 9.59 Å². The molecular weight excluding hydrogens is 571 g/mol. The monoisotopic (exact) mass is 596 g/mol. The highest BCUT2D eigenvalue weighted by Crippen LogP contribution is 2.40. The minimum Gasteiger partial charge on any atom is -0.437 e. The third kappa shape index (κ3) is 6.07. The minimum absolute atomic E-state index is 0.00904. The summed E-state index contributed by atoms with van der Waals surface area (Å²) in [5.41, 5.74) is -1.55. The third-order valence-corrected chi connectivity index (χ3v) is 7.49. The number of nitrogens with zero attached hydrogens (tertiary/aromatic N) is 2. The summed E-state index contributed by atoms with van der Waals surface area (Å²) in [6, 6.07) is 11.8. The second kappa shape index (κ2) is 11.1. The molecule has 2 aromatic carbocycles. The molecule has 5 rings (SSSR count). The van der Waals surface area contributed by atoms with Gasteiger partial charge in [0.1, 0.15) is 22.9 Å². The molecule has 12 heteroatoms. The summed E-state index contributed by atoms with van der Waals surface area (Å²) in [4.78, 5) is 30.4. The van der Waals surface area contributed by atoms with E-state index in [1.807, 2.05) is 0 Å². The van der Waals surface area contributed by atoms with E-state index in [0.717, 1.165) is 31.0 Å². The van der Waals surface area contributed by atoms with Crippen molar-refractivity contribution >= 4 is 22.9 Å². The topological polar surface area (TPSA) is 108 Å². The van der Waals surface area contributed by atoms with Crippen LogP contribution in [0.1, 0.15) is 52.6 Å². The lowest BCUT2D eigenvalue weighted by Gasteiger charge is -2.23. The predicted octanol–water partition coefficient (Wildman–Crippen LogP) is 6.72. The Kier molecular flexibility index (Phi) is 7.69. The number of aryl methyl sites for hydroxylation is 1. The summed E-state index contributed by atoms with van der Waals surface area (Å²) in [6.45, 7) is 1.60. The number of benzene rings is 2. The van der Waals surface area contributed by atoms with E-state index in [1.165, 1.54) is 37.4 Å². The lowest BCUT2D eigenvalue weighted by atomic mass is 9.95. The number of amides is 2. The fourth-order valence-corrected chi connectivity index (χ4v) is 4.96. The van der Waals surface area contributed by atoms with Crippen LogP contribution in [0.4, 0.5) is 22.0 Å². The second-order valence-corrected chi connectivity index (χ2v) is 10.6. The van der Waals surface area contributed by atoms with Crippen LogP contribution in [0, 0.1) is 28.9 Å². The number of pyridine rings is 1. The molecule has 1 fully saturated rings. The van der Waals surface area contributed by atoms with Crippen LogP contribution < -0.4 is 10.6 Å². The number of fused-ring (bicyclic) bond motifs is 1. The number of alkyl halides is 3. The van der Waals surface area contributed by atoms with Gasteiger partial charge in [0.05, 0.1) is 22.7 Å². The fraction of sp³-hybridized carbons (Fsp3) is 0.290. The van der Waals surface area contributed by atoms with Crippen LogP contribution >= 0.6 is 0 Å². The van der Waals surface area contributed by atoms with Crippen LogP contribution in [0.15, 0.2) is 52.9 Å². The van der Waals surface area contributed by atoms with Gasteiger partial charge in [-0.25, -0.2) is 13.8 Å². The van der Waals surface area contributed by atoms with Crippen LogP contribution in [0.2, 0.25) is 0 Å². The molecule has 0 radical (unpaired) electrons. The molecule has 2 heterocycles. The summed E-state index contributed by atoms with van der Waals surface area (Å²) < 4.78 is 74.7. The standard InChI is InChI=1S/C31H25F5N4O3/c1-30(15-37,18-6-7-18)40-27(41)17-5-10-23(33)20(13-17)21-14-22-25(28(42)38-2)26(16-3-8-19(32)9-4-16)43-29(22)39-24(21)11-12-31(34,35)36/h3-5,8-10,13-14,18H,6-7,11-12H2,1-2H3,(H,38,42)(H,40,41). The van der Waals surface area contributed by atoms with Gasteiger partial charge in [-0.15, -0.1) is 0 Å². The molecule has 2 aromatic heterocycles. The van der Waals surface area contributed by atoms with Crippen LogP contribution in [-0.2, 0) is 6.42 Å². The zero-order chi connectivity index (χ0) is 31.1. The molecule has 7 nitrogen and oxygen atoms in total. The molecule has 1 saturated carbocycles. The zero-order valence-corrected chi connectivity index (χ0v) is 23.0. The molecule has 0 saturated heterocycles. The minimum atomic E-state index is -4.56. The van der Waals surface area contributed by atoms with E-state index in [0.29, 0.717) is 5.56 Å². The summed E-state index contributed by atoms with van der Waals surface area (Å²) in [6.07, 6.45) is -4.96. The Morgan fingerprint density at radius 3 is 2.35 bits per heavy atom. The first-order valence-corrected chi connectivity index (χ1v) is 13.4. The Hall–Kier alpha value is -4.79. The Bertz CT molecular complexity index is 1770. The van der Waals surface area contributed by atoms with E-state index in [4.69, 9.17) is 4.42 Å². The molecule has 1 aliphatic rings. The average molecular weight is 597 g/mol. The zero-order valence-electron chi connectivity index (χ0n) is 23.0. The number of nitrogens with one attached hydrogen (secondary N) is 2. The van der Waals surface area contributed by atoms with Crippen molar-refractivity contribution in [3.05, 3.63) is 77.0 Å². The number of furan rings is 1. The largest absolute Gasteiger partial charge is 0.437 e. The van der Waals surface area contributed by atoms with Crippen molar-refractivity contribution in [2.24, 2.45) is 5.92 Å². The van der Waals surface area contributed by atoms with Gasteiger partial charge in [-0.1, -0.05) is 0 Å². The molecule has 0 aliphatic heterocycles. The first-order valence-electron chi connectivity index (χ1n) is 13.4. The Morgan fingerprint density at radius 1 is 1.05 bits per heavy atom. The molecule has 1 atom stereocenters. The van der Waals surface area contributed by atoms with Gasteiger partial charge in [0, 0.05) is 35.7 Å². The SMILES string of the molecule is CNC(=O)c1c(-c2ccc(F)cc2)oc2nc(CCC(F)(F)F)c(-c3cc(C(=O)NC(C)(C#N)C4CC4)ccc3F)cc12. The lowest BCUT2D eigenvalue weighted by Crippen LogP contribution is -2.46. The van der Waals surface area contributed by atoms with E-state index in [-0.39, 0.29) is 50.7 Å². The number of nitriles is 1. The van der Waals surface area contributed by atoms with Crippen molar-refractivity contribution < 1.29 is 36.0 Å². The summed E-state index contributed by atoms with van der Waals surface area (Å²) in [7, 11) is 1.36. The molecule has 0 bridgehead atoms. The highest BCUT2D eigenvalue weighted by atomic mass is 19.4. The van der Waals surface area contributed by atoms with Gasteiger partial charge in [0.25, 0.3) is 11.8 Å². The predicted molar refractivity (Wildman–Crippen MR) is 147 cm³/mol. The van der Waals surface area contributed by atoms with E-state index < -0.39 is 48.0 Å². The first kappa shape index (κ1) is 29.7. The summed E-state index contributed by atoms with van der Waals surface area (Å²) >= 11 is 0. The Labute approximate surface area is 242 Å². The summed E-state index contributed by atoms with van der Waals surface area (Å²) in [5, 5.41) is 14.9. The Balaban J connectivity index is 1.68. The molecule has 4 aromatic rings. The summed E-state index contributed by atoms with van der Waals surface area (Å²) in [5.74, 6) is -2.70. The Morgan fingerprint density at radius 2 is 1.74 bits per heavy atom. The number of carbonyl (C=O) groups excluding carboxylic acids is 2. The normalized spacial score (nSPS) is 14.7. The number of aromatic nitrogens is 1. The van der Waals surface area contributed by atoms with Crippen LogP contribution in [0.25, 0.3) is 33.6 Å². The van der Waals surface area contributed by atoms with Crippen molar-refractivity contribution in [1.29, 1.82) is 5.26 Å². The molecule has 222 valence electrons. The van der Waals surface area contributed by atoms with Crippen molar-refractivity contribution in [3.63, 3.8) is 0 Å². The van der Waals surface area contributed by atoms with Crippen molar-refractivity contribution in [3.8, 4) is 28.5 Å². The van der Waals surface area contributed by atoms with Crippen molar-refractivity contribution in [2.45, 2.75) is 44.3 Å². The second-order valence-electron chi connectivity index (χ2n) is 10.6. The number of hydrogen-bond acceptors (Lipinski definition) is 5. The van der Waals surface area contributed by atoms with Crippen LogP contribution in [0.5, 0.6) is 0 Å². The smallest absolute Gasteiger partial charge is 0.389 e. The quantitative estimate of drug-likeness (QED) is 0.220. The van der Waals surface area contributed by atoms with E-state index in [1.54, 1.807) is 6.92 Å². The van der Waals surface area contributed by atoms with Gasteiger partial charge in [-0.05, 0) is 80.6 Å². The maximum Gasteiger partial charge on any atom is 0.389 e.